The van der Waals surface area contributed by atoms with Crippen molar-refractivity contribution in [3.63, 3.8) is 0 Å². The van der Waals surface area contributed by atoms with Crippen molar-refractivity contribution < 1.29 is 0 Å². The lowest BCUT2D eigenvalue weighted by Gasteiger charge is -1.93. The van der Waals surface area contributed by atoms with E-state index in [9.17, 15) is 0 Å². The zero-order valence-electron chi connectivity index (χ0n) is 5.97. The fourth-order valence-corrected chi connectivity index (χ4v) is 2.00. The van der Waals surface area contributed by atoms with E-state index in [1.807, 2.05) is 12.2 Å². The molecule has 0 saturated heterocycles. The summed E-state index contributed by atoms with van der Waals surface area (Å²) in [7, 11) is 0. The summed E-state index contributed by atoms with van der Waals surface area (Å²) in [5.74, 6) is 2.34. The van der Waals surface area contributed by atoms with Gasteiger partial charge in [0.25, 0.3) is 14.1 Å². The van der Waals surface area contributed by atoms with E-state index in [1.165, 1.54) is 10.6 Å². The molecule has 0 spiro atoms. The third kappa shape index (κ3) is 8.74. The molecule has 52 valence electrons. The third-order valence-corrected chi connectivity index (χ3v) is 3.41. The van der Waals surface area contributed by atoms with Crippen molar-refractivity contribution in [2.75, 3.05) is 0 Å². The van der Waals surface area contributed by atoms with E-state index in [0.717, 1.165) is 0 Å². The number of allylic oxidation sites excluding steroid dienone is 2. The van der Waals surface area contributed by atoms with Gasteiger partial charge in [0.05, 0.1) is 0 Å². The van der Waals surface area contributed by atoms with Crippen LogP contribution in [0.15, 0.2) is 25.3 Å². The van der Waals surface area contributed by atoms with Crippen LogP contribution in [0.3, 0.4) is 0 Å². The fourth-order valence-electron chi connectivity index (χ4n) is 0.665. The second-order valence-corrected chi connectivity index (χ2v) is 5.31. The van der Waals surface area contributed by atoms with Crippen LogP contribution in [-0.2, 0) is 0 Å². The number of rotatable bonds is 4. The number of hydrogen-bond donors (Lipinski definition) is 0. The molecule has 0 nitrogen and oxygen atoms in total. The summed E-state index contributed by atoms with van der Waals surface area (Å²) in [5, 5.41) is 2.48. The molecule has 0 aliphatic heterocycles. The predicted molar refractivity (Wildman–Crippen MR) is 57.0 cm³/mol. The van der Waals surface area contributed by atoms with E-state index in [-0.39, 0.29) is 24.0 Å². The monoisotopic (exact) mass is 252 g/mol. The maximum atomic E-state index is 3.68. The lowest BCUT2D eigenvalue weighted by molar-refractivity contribution is 1.53. The van der Waals surface area contributed by atoms with Crippen LogP contribution in [-0.4, -0.2) is 14.1 Å². The van der Waals surface area contributed by atoms with Gasteiger partial charge in [-0.05, 0) is 0 Å². The quantitative estimate of drug-likeness (QED) is 0.409. The van der Waals surface area contributed by atoms with Crippen LogP contribution in [0.5, 0.6) is 0 Å². The van der Waals surface area contributed by atoms with Crippen molar-refractivity contribution in [3.8, 4) is 0 Å². The van der Waals surface area contributed by atoms with Crippen LogP contribution < -0.4 is 0 Å². The highest BCUT2D eigenvalue weighted by atomic mass is 127. The van der Waals surface area contributed by atoms with E-state index in [0.29, 0.717) is 0 Å². The Hall–Kier alpha value is 0.742. The number of halogens is 1. The van der Waals surface area contributed by atoms with Crippen LogP contribution in [0.4, 0.5) is 0 Å². The maximum absolute atomic E-state index is 3.68. The van der Waals surface area contributed by atoms with Crippen molar-refractivity contribution in [2.45, 2.75) is 16.4 Å². The van der Waals surface area contributed by atoms with Gasteiger partial charge in [0.2, 0.25) is 0 Å². The van der Waals surface area contributed by atoms with Gasteiger partial charge < -0.3 is 0 Å². The van der Waals surface area contributed by atoms with Gasteiger partial charge in [0, 0.05) is 0 Å². The lowest BCUT2D eigenvalue weighted by atomic mass is 10.7. The Morgan fingerprint density at radius 3 is 1.78 bits per heavy atom. The average molecular weight is 252 g/mol. The van der Waals surface area contributed by atoms with Crippen molar-refractivity contribution in [1.29, 1.82) is 0 Å². The molecule has 0 aromatic heterocycles. The molecule has 0 unspecified atom stereocenters. The van der Waals surface area contributed by atoms with Crippen molar-refractivity contribution in [1.82, 2.24) is 0 Å². The van der Waals surface area contributed by atoms with Crippen LogP contribution in [0.1, 0.15) is 0 Å². The topological polar surface area (TPSA) is 0 Å². The van der Waals surface area contributed by atoms with Gasteiger partial charge >= 0.3 is 0 Å². The molecule has 9 heavy (non-hydrogen) atoms. The average Bonchev–Trinajstić information content (AvgIpc) is 1.68. The summed E-state index contributed by atoms with van der Waals surface area (Å²) in [4.78, 5) is 0. The Kier molecular flexibility index (Phi) is 12.1. The highest BCUT2D eigenvalue weighted by Gasteiger charge is 2.02. The summed E-state index contributed by atoms with van der Waals surface area (Å²) >= 11 is -0.438. The van der Waals surface area contributed by atoms with Crippen LogP contribution in [0.2, 0.25) is 16.4 Å². The van der Waals surface area contributed by atoms with Gasteiger partial charge in [-0.15, -0.1) is 55.1 Å². The molecule has 0 saturated carbocycles. The molecule has 0 aliphatic carbocycles. The Bertz CT molecular complexity index is 71.0. The largest absolute Gasteiger partial charge is 0.267 e. The molecule has 0 radical (unpaired) electrons. The van der Waals surface area contributed by atoms with Crippen molar-refractivity contribution in [3.05, 3.63) is 25.3 Å². The Labute approximate surface area is 79.4 Å². The van der Waals surface area contributed by atoms with E-state index >= 15 is 0 Å². The fraction of sp³-hybridized carbons (Fsp3) is 0.429. The zero-order chi connectivity index (χ0) is 6.41. The normalized spacial score (nSPS) is 7.22. The van der Waals surface area contributed by atoms with Crippen LogP contribution in [0.25, 0.3) is 0 Å². The lowest BCUT2D eigenvalue weighted by Crippen LogP contribution is -2.00. The first-order valence-electron chi connectivity index (χ1n) is 3.03. The molecule has 2 heteroatoms. The minimum atomic E-state index is -0.438. The summed E-state index contributed by atoms with van der Waals surface area (Å²) in [6.45, 7) is 7.37. The third-order valence-electron chi connectivity index (χ3n) is 1.14. The van der Waals surface area contributed by atoms with Crippen molar-refractivity contribution >= 4 is 38.1 Å². The van der Waals surface area contributed by atoms with E-state index in [4.69, 9.17) is 0 Å². The zero-order valence-corrected chi connectivity index (χ0v) is 9.45. The van der Waals surface area contributed by atoms with E-state index in [1.54, 1.807) is 0 Å². The smallest absolute Gasteiger partial charge is 0.107 e. The molecular formula is C7H14AlI. The molecule has 0 aromatic rings. The van der Waals surface area contributed by atoms with Gasteiger partial charge in [-0.2, -0.15) is 0 Å². The molecule has 0 rings (SSSR count). The van der Waals surface area contributed by atoms with Crippen molar-refractivity contribution in [2.24, 2.45) is 0 Å². The maximum Gasteiger partial charge on any atom is 0.267 e. The Balaban J connectivity index is 0. The molecule has 0 aromatic carbocycles. The molecule has 0 amide bonds. The highest BCUT2D eigenvalue weighted by Crippen LogP contribution is 1.98. The Morgan fingerprint density at radius 1 is 1.22 bits per heavy atom. The highest BCUT2D eigenvalue weighted by molar-refractivity contribution is 14.0. The van der Waals surface area contributed by atoms with Gasteiger partial charge in [-0.3, -0.25) is 0 Å². The molecule has 0 atom stereocenters. The van der Waals surface area contributed by atoms with Gasteiger partial charge in [0.1, 0.15) is 0 Å². The summed E-state index contributed by atoms with van der Waals surface area (Å²) in [6, 6.07) is 0. The van der Waals surface area contributed by atoms with Gasteiger partial charge in [0.15, 0.2) is 0 Å². The Morgan fingerprint density at radius 2 is 1.56 bits per heavy atom. The first kappa shape index (κ1) is 12.4. The minimum Gasteiger partial charge on any atom is -0.107 e. The minimum absolute atomic E-state index is 0. The first-order chi connectivity index (χ1) is 3.81. The van der Waals surface area contributed by atoms with E-state index < -0.39 is 14.1 Å². The summed E-state index contributed by atoms with van der Waals surface area (Å²) in [5.41, 5.74) is 0. The SMILES string of the molecule is C=C[CH2][Al]([CH3])[CH2]C=C.I. The first-order valence-corrected chi connectivity index (χ1v) is 5.81. The second-order valence-electron chi connectivity index (χ2n) is 2.15. The summed E-state index contributed by atoms with van der Waals surface area (Å²) < 4.78 is 0. The molecular weight excluding hydrogens is 238 g/mol. The molecule has 0 heterocycles. The second kappa shape index (κ2) is 8.74. The predicted octanol–water partition coefficient (Wildman–Crippen LogP) is 3.10. The van der Waals surface area contributed by atoms with Crippen LogP contribution >= 0.6 is 24.0 Å². The molecule has 0 fully saturated rings. The molecule has 0 N–H and O–H groups in total. The van der Waals surface area contributed by atoms with E-state index in [2.05, 4.69) is 18.9 Å². The van der Waals surface area contributed by atoms with Gasteiger partial charge in [-0.1, -0.05) is 10.6 Å². The molecule has 0 bridgehead atoms. The van der Waals surface area contributed by atoms with Gasteiger partial charge in [-0.25, -0.2) is 0 Å². The number of hydrogen-bond acceptors (Lipinski definition) is 0. The standard InChI is InChI=1S/2C3H5.CH3.Al.HI/c2*1-3-2;;;/h2*3H,1-2H2;1H3;;1H. The van der Waals surface area contributed by atoms with Crippen LogP contribution in [0, 0.1) is 0 Å². The summed E-state index contributed by atoms with van der Waals surface area (Å²) in [6.07, 6.45) is 4.03. The molecule has 0 aliphatic rings.